The molecule has 2 aromatic heterocycles. The lowest BCUT2D eigenvalue weighted by atomic mass is 10.0. The fourth-order valence-electron chi connectivity index (χ4n) is 1.86. The second-order valence-electron chi connectivity index (χ2n) is 4.09. The summed E-state index contributed by atoms with van der Waals surface area (Å²) in [6.45, 7) is 4.13. The summed E-state index contributed by atoms with van der Waals surface area (Å²) in [7, 11) is 0. The molecule has 90 valence electrons. The van der Waals surface area contributed by atoms with Crippen molar-refractivity contribution >= 4 is 11.3 Å². The highest BCUT2D eigenvalue weighted by Crippen LogP contribution is 2.20. The zero-order valence-electron chi connectivity index (χ0n) is 10.2. The van der Waals surface area contributed by atoms with E-state index < -0.39 is 0 Å². The van der Waals surface area contributed by atoms with Crippen molar-refractivity contribution in [2.75, 3.05) is 0 Å². The van der Waals surface area contributed by atoms with Crippen LogP contribution in [0.4, 0.5) is 0 Å². The van der Waals surface area contributed by atoms with Gasteiger partial charge in [-0.25, -0.2) is 4.98 Å². The second kappa shape index (κ2) is 5.38. The van der Waals surface area contributed by atoms with Gasteiger partial charge in [0.05, 0.1) is 16.7 Å². The van der Waals surface area contributed by atoms with Crippen LogP contribution in [0.25, 0.3) is 0 Å². The maximum absolute atomic E-state index is 6.22. The minimum Gasteiger partial charge on any atom is -0.322 e. The lowest BCUT2D eigenvalue weighted by Crippen LogP contribution is -2.16. The molecule has 0 saturated heterocycles. The third-order valence-electron chi connectivity index (χ3n) is 2.72. The predicted molar refractivity (Wildman–Crippen MR) is 71.1 cm³/mol. The number of rotatable bonds is 4. The Morgan fingerprint density at radius 3 is 2.94 bits per heavy atom. The quantitative estimate of drug-likeness (QED) is 0.903. The number of hydrogen-bond acceptors (Lipinski definition) is 4. The number of aromatic nitrogens is 2. The first-order chi connectivity index (χ1) is 8.20. The molecule has 1 atom stereocenters. The lowest BCUT2D eigenvalue weighted by Gasteiger charge is -2.13. The van der Waals surface area contributed by atoms with Gasteiger partial charge in [0.25, 0.3) is 0 Å². The highest BCUT2D eigenvalue weighted by Gasteiger charge is 2.13. The van der Waals surface area contributed by atoms with Crippen molar-refractivity contribution in [3.63, 3.8) is 0 Å². The molecule has 2 N–H and O–H groups in total. The Bertz CT molecular complexity index is 493. The van der Waals surface area contributed by atoms with Crippen LogP contribution in [-0.2, 0) is 12.8 Å². The summed E-state index contributed by atoms with van der Waals surface area (Å²) in [5.74, 6) is 0. The van der Waals surface area contributed by atoms with Gasteiger partial charge in [0, 0.05) is 23.7 Å². The van der Waals surface area contributed by atoms with Gasteiger partial charge in [0.2, 0.25) is 0 Å². The minimum absolute atomic E-state index is 0.0586. The summed E-state index contributed by atoms with van der Waals surface area (Å²) in [5, 5.41) is 3.14. The summed E-state index contributed by atoms with van der Waals surface area (Å²) < 4.78 is 0. The molecule has 0 fully saturated rings. The van der Waals surface area contributed by atoms with Crippen molar-refractivity contribution < 1.29 is 0 Å². The highest BCUT2D eigenvalue weighted by atomic mass is 32.1. The molecule has 2 rings (SSSR count). The third-order valence-corrected chi connectivity index (χ3v) is 3.71. The van der Waals surface area contributed by atoms with Crippen LogP contribution in [-0.4, -0.2) is 9.97 Å². The maximum atomic E-state index is 6.22. The second-order valence-corrected chi connectivity index (χ2v) is 5.04. The molecule has 0 aliphatic rings. The van der Waals surface area contributed by atoms with Crippen molar-refractivity contribution in [3.8, 4) is 0 Å². The standard InChI is InChI=1S/C13H17N3S/c1-3-10-5-4-6-15-13(10)11(14)7-12-16-9(2)8-17-12/h4-6,8,11H,3,7,14H2,1-2H3. The summed E-state index contributed by atoms with van der Waals surface area (Å²) in [4.78, 5) is 8.85. The van der Waals surface area contributed by atoms with Gasteiger partial charge in [0.15, 0.2) is 0 Å². The summed E-state index contributed by atoms with van der Waals surface area (Å²) in [6.07, 6.45) is 3.54. The molecule has 4 heteroatoms. The molecule has 3 nitrogen and oxygen atoms in total. The Hall–Kier alpha value is -1.26. The van der Waals surface area contributed by atoms with Crippen molar-refractivity contribution in [3.05, 3.63) is 45.7 Å². The van der Waals surface area contributed by atoms with E-state index in [2.05, 4.69) is 28.3 Å². The van der Waals surface area contributed by atoms with E-state index in [1.807, 2.05) is 13.0 Å². The zero-order valence-corrected chi connectivity index (χ0v) is 11.0. The van der Waals surface area contributed by atoms with Gasteiger partial charge in [-0.3, -0.25) is 4.98 Å². The third kappa shape index (κ3) is 2.90. The molecule has 0 aromatic carbocycles. The van der Waals surface area contributed by atoms with Gasteiger partial charge in [-0.15, -0.1) is 11.3 Å². The van der Waals surface area contributed by atoms with Gasteiger partial charge in [-0.1, -0.05) is 13.0 Å². The van der Waals surface area contributed by atoms with Crippen LogP contribution >= 0.6 is 11.3 Å². The molecule has 0 aliphatic heterocycles. The maximum Gasteiger partial charge on any atom is 0.0947 e. The number of pyridine rings is 1. The number of aryl methyl sites for hydroxylation is 2. The molecular weight excluding hydrogens is 230 g/mol. The SMILES string of the molecule is CCc1cccnc1C(N)Cc1nc(C)cs1. The molecule has 0 radical (unpaired) electrons. The van der Waals surface area contributed by atoms with E-state index in [0.717, 1.165) is 29.2 Å². The molecule has 2 aromatic rings. The number of hydrogen-bond donors (Lipinski definition) is 1. The monoisotopic (exact) mass is 247 g/mol. The average Bonchev–Trinajstić information content (AvgIpc) is 2.74. The smallest absolute Gasteiger partial charge is 0.0947 e. The van der Waals surface area contributed by atoms with Gasteiger partial charge in [-0.05, 0) is 25.0 Å². The Morgan fingerprint density at radius 2 is 2.29 bits per heavy atom. The normalized spacial score (nSPS) is 12.6. The zero-order chi connectivity index (χ0) is 12.3. The Morgan fingerprint density at radius 1 is 1.47 bits per heavy atom. The Labute approximate surface area is 106 Å². The fraction of sp³-hybridized carbons (Fsp3) is 0.385. The molecular formula is C13H17N3S. The molecule has 2 heterocycles. The van der Waals surface area contributed by atoms with Gasteiger partial charge < -0.3 is 5.73 Å². The summed E-state index contributed by atoms with van der Waals surface area (Å²) in [6, 6.07) is 3.99. The first-order valence-electron chi connectivity index (χ1n) is 5.81. The predicted octanol–water partition coefficient (Wildman–Crippen LogP) is 2.65. The number of nitrogens with zero attached hydrogens (tertiary/aromatic N) is 2. The van der Waals surface area contributed by atoms with E-state index in [1.165, 1.54) is 5.56 Å². The van der Waals surface area contributed by atoms with Crippen molar-refractivity contribution in [2.24, 2.45) is 5.73 Å². The van der Waals surface area contributed by atoms with Crippen LogP contribution in [0.5, 0.6) is 0 Å². The van der Waals surface area contributed by atoms with E-state index in [9.17, 15) is 0 Å². The van der Waals surface area contributed by atoms with E-state index in [-0.39, 0.29) is 6.04 Å². The average molecular weight is 247 g/mol. The molecule has 0 amide bonds. The molecule has 0 aliphatic carbocycles. The lowest BCUT2D eigenvalue weighted by molar-refractivity contribution is 0.681. The van der Waals surface area contributed by atoms with E-state index in [1.54, 1.807) is 17.5 Å². The van der Waals surface area contributed by atoms with Crippen LogP contribution in [0.3, 0.4) is 0 Å². The molecule has 17 heavy (non-hydrogen) atoms. The molecule has 0 saturated carbocycles. The van der Waals surface area contributed by atoms with E-state index in [4.69, 9.17) is 5.73 Å². The number of nitrogens with two attached hydrogens (primary N) is 1. The van der Waals surface area contributed by atoms with Gasteiger partial charge >= 0.3 is 0 Å². The van der Waals surface area contributed by atoms with Crippen LogP contribution < -0.4 is 5.73 Å². The molecule has 0 spiro atoms. The van der Waals surface area contributed by atoms with E-state index >= 15 is 0 Å². The van der Waals surface area contributed by atoms with Gasteiger partial charge in [-0.2, -0.15) is 0 Å². The topological polar surface area (TPSA) is 51.8 Å². The van der Waals surface area contributed by atoms with Crippen LogP contribution in [0.1, 0.15) is 34.9 Å². The first kappa shape index (κ1) is 12.2. The van der Waals surface area contributed by atoms with E-state index in [0.29, 0.717) is 0 Å². The van der Waals surface area contributed by atoms with Crippen LogP contribution in [0.15, 0.2) is 23.7 Å². The first-order valence-corrected chi connectivity index (χ1v) is 6.69. The van der Waals surface area contributed by atoms with Crippen LogP contribution in [0, 0.1) is 6.92 Å². The van der Waals surface area contributed by atoms with Crippen LogP contribution in [0.2, 0.25) is 0 Å². The van der Waals surface area contributed by atoms with Crippen molar-refractivity contribution in [2.45, 2.75) is 32.7 Å². The Kier molecular flexibility index (Phi) is 3.86. The summed E-state index contributed by atoms with van der Waals surface area (Å²) in [5.41, 5.74) is 9.51. The minimum atomic E-state index is -0.0586. The number of thiazole rings is 1. The summed E-state index contributed by atoms with van der Waals surface area (Å²) >= 11 is 1.67. The molecule has 0 bridgehead atoms. The Balaban J connectivity index is 2.16. The van der Waals surface area contributed by atoms with Crippen molar-refractivity contribution in [1.29, 1.82) is 0 Å². The largest absolute Gasteiger partial charge is 0.322 e. The van der Waals surface area contributed by atoms with Gasteiger partial charge in [0.1, 0.15) is 0 Å². The fourth-order valence-corrected chi connectivity index (χ4v) is 2.70. The highest BCUT2D eigenvalue weighted by molar-refractivity contribution is 7.09. The van der Waals surface area contributed by atoms with Crippen molar-refractivity contribution in [1.82, 2.24) is 9.97 Å². The molecule has 1 unspecified atom stereocenters.